The van der Waals surface area contributed by atoms with Crippen LogP contribution in [0.3, 0.4) is 0 Å². The van der Waals surface area contributed by atoms with Crippen molar-refractivity contribution in [2.45, 2.75) is 25.8 Å². The summed E-state index contributed by atoms with van der Waals surface area (Å²) < 4.78 is 5.58. The van der Waals surface area contributed by atoms with Gasteiger partial charge in [-0.1, -0.05) is 19.1 Å². The zero-order chi connectivity index (χ0) is 13.1. The second kappa shape index (κ2) is 5.76. The first kappa shape index (κ1) is 12.7. The van der Waals surface area contributed by atoms with E-state index < -0.39 is 0 Å². The fourth-order valence-electron chi connectivity index (χ4n) is 2.62. The zero-order valence-corrected chi connectivity index (χ0v) is 12.0. The van der Waals surface area contributed by atoms with Gasteiger partial charge in [-0.15, -0.1) is 0 Å². The van der Waals surface area contributed by atoms with Crippen molar-refractivity contribution in [1.29, 1.82) is 0 Å². The van der Waals surface area contributed by atoms with Crippen LogP contribution in [0.2, 0.25) is 0 Å². The smallest absolute Gasteiger partial charge is 0.122 e. The zero-order valence-electron chi connectivity index (χ0n) is 11.2. The molecule has 1 atom stereocenters. The molecule has 1 aliphatic rings. The van der Waals surface area contributed by atoms with Crippen molar-refractivity contribution in [3.05, 3.63) is 51.7 Å². The Balaban J connectivity index is 1.83. The molecular weight excluding hydrogens is 254 g/mol. The number of benzene rings is 1. The molecule has 1 aromatic carbocycles. The van der Waals surface area contributed by atoms with Gasteiger partial charge in [0.2, 0.25) is 0 Å². The normalized spacial score (nSPS) is 15.0. The van der Waals surface area contributed by atoms with Gasteiger partial charge in [0, 0.05) is 12.5 Å². The van der Waals surface area contributed by atoms with E-state index in [0.717, 1.165) is 31.7 Å². The van der Waals surface area contributed by atoms with Crippen LogP contribution in [-0.4, -0.2) is 13.2 Å². The third kappa shape index (κ3) is 2.82. The summed E-state index contributed by atoms with van der Waals surface area (Å²) in [4.78, 5) is 0. The summed E-state index contributed by atoms with van der Waals surface area (Å²) in [7, 11) is 0. The van der Waals surface area contributed by atoms with Crippen molar-refractivity contribution in [2.75, 3.05) is 13.2 Å². The third-order valence-electron chi connectivity index (χ3n) is 3.59. The monoisotopic (exact) mass is 273 g/mol. The Hall–Kier alpha value is -1.32. The maximum Gasteiger partial charge on any atom is 0.122 e. The lowest BCUT2D eigenvalue weighted by Gasteiger charge is -2.18. The fourth-order valence-corrected chi connectivity index (χ4v) is 3.30. The highest BCUT2D eigenvalue weighted by Gasteiger charge is 2.17. The Morgan fingerprint density at radius 2 is 2.32 bits per heavy atom. The lowest BCUT2D eigenvalue weighted by molar-refractivity contribution is 0.356. The molecule has 0 radical (unpaired) electrons. The molecular formula is C16H19NOS. The van der Waals surface area contributed by atoms with Crippen LogP contribution in [0, 0.1) is 0 Å². The van der Waals surface area contributed by atoms with E-state index in [-0.39, 0.29) is 0 Å². The van der Waals surface area contributed by atoms with Gasteiger partial charge in [-0.25, -0.2) is 0 Å². The molecule has 1 aliphatic heterocycles. The van der Waals surface area contributed by atoms with E-state index >= 15 is 0 Å². The Morgan fingerprint density at radius 1 is 1.37 bits per heavy atom. The number of hydrogen-bond acceptors (Lipinski definition) is 3. The molecule has 0 bridgehead atoms. The number of fused-ring (bicyclic) bond motifs is 1. The maximum atomic E-state index is 5.58. The molecule has 3 rings (SSSR count). The highest BCUT2D eigenvalue weighted by molar-refractivity contribution is 7.07. The Morgan fingerprint density at radius 3 is 3.11 bits per heavy atom. The standard InChI is InChI=1S/C16H19NOS/c1-2-17-15(9-12-6-8-19-11-12)13-3-4-16-14(10-13)5-7-18-16/h3-4,6,8,10-11,15,17H,2,5,7,9H2,1H3. The number of thiophene rings is 1. The molecule has 0 fully saturated rings. The van der Waals surface area contributed by atoms with Crippen LogP contribution in [-0.2, 0) is 12.8 Å². The molecule has 1 N–H and O–H groups in total. The molecule has 2 heterocycles. The van der Waals surface area contributed by atoms with Crippen molar-refractivity contribution in [3.8, 4) is 5.75 Å². The van der Waals surface area contributed by atoms with Gasteiger partial charge in [-0.05, 0) is 52.5 Å². The highest BCUT2D eigenvalue weighted by atomic mass is 32.1. The summed E-state index contributed by atoms with van der Waals surface area (Å²) in [5.74, 6) is 1.06. The van der Waals surface area contributed by atoms with Gasteiger partial charge in [-0.3, -0.25) is 0 Å². The van der Waals surface area contributed by atoms with Crippen molar-refractivity contribution < 1.29 is 4.74 Å². The molecule has 100 valence electrons. The fraction of sp³-hybridized carbons (Fsp3) is 0.375. The second-order valence-electron chi connectivity index (χ2n) is 4.91. The van der Waals surface area contributed by atoms with E-state index in [1.807, 2.05) is 0 Å². The first-order valence-corrected chi connectivity index (χ1v) is 7.81. The first-order valence-electron chi connectivity index (χ1n) is 6.87. The minimum absolute atomic E-state index is 0.394. The molecule has 0 spiro atoms. The lowest BCUT2D eigenvalue weighted by atomic mass is 9.98. The summed E-state index contributed by atoms with van der Waals surface area (Å²) in [6.45, 7) is 3.98. The number of rotatable bonds is 5. The van der Waals surface area contributed by atoms with Crippen LogP contribution in [0.1, 0.15) is 29.7 Å². The van der Waals surface area contributed by atoms with Crippen LogP contribution in [0.15, 0.2) is 35.0 Å². The Bertz CT molecular complexity index is 536. The number of nitrogens with one attached hydrogen (secondary N) is 1. The van der Waals surface area contributed by atoms with Gasteiger partial charge < -0.3 is 10.1 Å². The van der Waals surface area contributed by atoms with Crippen molar-refractivity contribution in [1.82, 2.24) is 5.32 Å². The topological polar surface area (TPSA) is 21.3 Å². The predicted molar refractivity (Wildman–Crippen MR) is 80.1 cm³/mol. The molecule has 2 aromatic rings. The average Bonchev–Trinajstić information content (AvgIpc) is 3.08. The van der Waals surface area contributed by atoms with Gasteiger partial charge >= 0.3 is 0 Å². The van der Waals surface area contributed by atoms with E-state index in [1.165, 1.54) is 16.7 Å². The first-order chi connectivity index (χ1) is 9.36. The van der Waals surface area contributed by atoms with Gasteiger partial charge in [0.25, 0.3) is 0 Å². The molecule has 1 unspecified atom stereocenters. The van der Waals surface area contributed by atoms with Crippen molar-refractivity contribution >= 4 is 11.3 Å². The molecule has 19 heavy (non-hydrogen) atoms. The molecule has 3 heteroatoms. The number of likely N-dealkylation sites (N-methyl/N-ethyl adjacent to an activating group) is 1. The van der Waals surface area contributed by atoms with E-state index in [0.29, 0.717) is 6.04 Å². The minimum atomic E-state index is 0.394. The summed E-state index contributed by atoms with van der Waals surface area (Å²) in [5, 5.41) is 7.98. The SMILES string of the molecule is CCNC(Cc1ccsc1)c1ccc2c(c1)CCO2. The summed E-state index contributed by atoms with van der Waals surface area (Å²) in [6, 6.07) is 9.23. The van der Waals surface area contributed by atoms with Crippen molar-refractivity contribution in [2.24, 2.45) is 0 Å². The maximum absolute atomic E-state index is 5.58. The molecule has 0 amide bonds. The minimum Gasteiger partial charge on any atom is -0.493 e. The summed E-state index contributed by atoms with van der Waals surface area (Å²) >= 11 is 1.77. The molecule has 0 saturated heterocycles. The average molecular weight is 273 g/mol. The van der Waals surface area contributed by atoms with Crippen LogP contribution >= 0.6 is 11.3 Å². The Labute approximate surface area is 118 Å². The third-order valence-corrected chi connectivity index (χ3v) is 4.32. The van der Waals surface area contributed by atoms with Crippen molar-refractivity contribution in [3.63, 3.8) is 0 Å². The van der Waals surface area contributed by atoms with Crippen LogP contribution in [0.25, 0.3) is 0 Å². The van der Waals surface area contributed by atoms with E-state index in [9.17, 15) is 0 Å². The molecule has 2 nitrogen and oxygen atoms in total. The second-order valence-corrected chi connectivity index (χ2v) is 5.69. The lowest BCUT2D eigenvalue weighted by Crippen LogP contribution is -2.22. The summed E-state index contributed by atoms with van der Waals surface area (Å²) in [5.41, 5.74) is 4.13. The largest absolute Gasteiger partial charge is 0.493 e. The highest BCUT2D eigenvalue weighted by Crippen LogP contribution is 2.29. The Kier molecular flexibility index (Phi) is 3.85. The van der Waals surface area contributed by atoms with Crippen LogP contribution in [0.4, 0.5) is 0 Å². The van der Waals surface area contributed by atoms with E-state index in [1.54, 1.807) is 11.3 Å². The number of ether oxygens (including phenoxy) is 1. The van der Waals surface area contributed by atoms with Gasteiger partial charge in [-0.2, -0.15) is 11.3 Å². The predicted octanol–water partition coefficient (Wildman–Crippen LogP) is 3.58. The van der Waals surface area contributed by atoms with E-state index in [2.05, 4.69) is 47.3 Å². The quantitative estimate of drug-likeness (QED) is 0.899. The molecule has 1 aromatic heterocycles. The van der Waals surface area contributed by atoms with Gasteiger partial charge in [0.05, 0.1) is 6.61 Å². The molecule has 0 aliphatic carbocycles. The molecule has 0 saturated carbocycles. The van der Waals surface area contributed by atoms with Crippen LogP contribution < -0.4 is 10.1 Å². The van der Waals surface area contributed by atoms with E-state index in [4.69, 9.17) is 4.74 Å². The van der Waals surface area contributed by atoms with Gasteiger partial charge in [0.1, 0.15) is 5.75 Å². The van der Waals surface area contributed by atoms with Gasteiger partial charge in [0.15, 0.2) is 0 Å². The number of hydrogen-bond donors (Lipinski definition) is 1. The van der Waals surface area contributed by atoms with Crippen LogP contribution in [0.5, 0.6) is 5.75 Å². The summed E-state index contributed by atoms with van der Waals surface area (Å²) in [6.07, 6.45) is 2.09.